The molecule has 1 amide bonds. The molecule has 3 aromatic carbocycles. The third-order valence-corrected chi connectivity index (χ3v) is 5.64. The van der Waals surface area contributed by atoms with Gasteiger partial charge < -0.3 is 5.32 Å². The maximum Gasteiger partial charge on any atom is 0.295 e. The van der Waals surface area contributed by atoms with Crippen LogP contribution < -0.4 is 5.32 Å². The number of aromatic nitrogens is 3. The zero-order valence-corrected chi connectivity index (χ0v) is 18.9. The lowest BCUT2D eigenvalue weighted by atomic mass is 10.1. The first-order valence-corrected chi connectivity index (χ1v) is 10.5. The molecular weight excluding hydrogens is 455 g/mol. The van der Waals surface area contributed by atoms with Crippen LogP contribution in [0.1, 0.15) is 21.7 Å². The summed E-state index contributed by atoms with van der Waals surface area (Å²) < 4.78 is 1.64. The summed E-state index contributed by atoms with van der Waals surface area (Å²) in [5, 5.41) is 8.57. The van der Waals surface area contributed by atoms with E-state index in [1.54, 1.807) is 28.9 Å². The average Bonchev–Trinajstić information content (AvgIpc) is 3.18. The van der Waals surface area contributed by atoms with Gasteiger partial charge in [-0.1, -0.05) is 64.6 Å². The molecule has 5 nitrogen and oxygen atoms in total. The summed E-state index contributed by atoms with van der Waals surface area (Å²) in [7, 11) is 0. The number of benzene rings is 3. The number of anilines is 1. The standard InChI is InChI=1S/C23H17Cl3N4O/c1-13-4-3-5-15(10-13)22-28-21(23(31)27-17-8-9-18(25)19(26)12-17)29-30(22)20-11-16(24)7-6-14(20)2/h3-12H,1-2H3,(H,27,31). The van der Waals surface area contributed by atoms with Crippen molar-refractivity contribution in [3.63, 3.8) is 0 Å². The van der Waals surface area contributed by atoms with Gasteiger partial charge in [-0.2, -0.15) is 0 Å². The van der Waals surface area contributed by atoms with E-state index in [0.29, 0.717) is 26.6 Å². The van der Waals surface area contributed by atoms with Crippen LogP contribution in [0.4, 0.5) is 5.69 Å². The molecule has 0 aliphatic carbocycles. The monoisotopic (exact) mass is 470 g/mol. The van der Waals surface area contributed by atoms with Crippen LogP contribution in [0.15, 0.2) is 60.7 Å². The van der Waals surface area contributed by atoms with E-state index < -0.39 is 5.91 Å². The van der Waals surface area contributed by atoms with Gasteiger partial charge in [0, 0.05) is 16.3 Å². The molecule has 31 heavy (non-hydrogen) atoms. The molecule has 0 bridgehead atoms. The molecule has 0 saturated heterocycles. The summed E-state index contributed by atoms with van der Waals surface area (Å²) in [5.74, 6) is 0.0843. The summed E-state index contributed by atoms with van der Waals surface area (Å²) in [5.41, 5.74) is 4.08. The fourth-order valence-electron chi connectivity index (χ4n) is 3.12. The van der Waals surface area contributed by atoms with E-state index in [0.717, 1.165) is 22.4 Å². The van der Waals surface area contributed by atoms with Crippen molar-refractivity contribution < 1.29 is 4.79 Å². The summed E-state index contributed by atoms with van der Waals surface area (Å²) in [6.07, 6.45) is 0. The van der Waals surface area contributed by atoms with E-state index in [2.05, 4.69) is 15.4 Å². The largest absolute Gasteiger partial charge is 0.319 e. The Hall–Kier alpha value is -2.86. The first-order valence-electron chi connectivity index (χ1n) is 9.39. The highest BCUT2D eigenvalue weighted by atomic mass is 35.5. The molecule has 0 unspecified atom stereocenters. The highest BCUT2D eigenvalue weighted by molar-refractivity contribution is 6.42. The van der Waals surface area contributed by atoms with E-state index in [1.807, 2.05) is 50.2 Å². The molecule has 0 saturated carbocycles. The second-order valence-electron chi connectivity index (χ2n) is 7.05. The Kier molecular flexibility index (Phi) is 6.01. The Bertz CT molecular complexity index is 1300. The van der Waals surface area contributed by atoms with Gasteiger partial charge in [-0.3, -0.25) is 4.79 Å². The van der Waals surface area contributed by atoms with Gasteiger partial charge in [0.2, 0.25) is 5.82 Å². The molecule has 1 aromatic heterocycles. The number of hydrogen-bond donors (Lipinski definition) is 1. The van der Waals surface area contributed by atoms with Crippen LogP contribution in [0.3, 0.4) is 0 Å². The van der Waals surface area contributed by atoms with E-state index >= 15 is 0 Å². The summed E-state index contributed by atoms with van der Waals surface area (Å²) in [6, 6.07) is 18.2. The predicted molar refractivity (Wildman–Crippen MR) is 126 cm³/mol. The zero-order valence-electron chi connectivity index (χ0n) is 16.7. The van der Waals surface area contributed by atoms with Gasteiger partial charge in [0.1, 0.15) is 0 Å². The molecular formula is C23H17Cl3N4O. The fourth-order valence-corrected chi connectivity index (χ4v) is 3.58. The Balaban J connectivity index is 1.80. The molecule has 4 rings (SSSR count). The number of carbonyl (C=O) groups excluding carboxylic acids is 1. The molecule has 0 aliphatic heterocycles. The van der Waals surface area contributed by atoms with Crippen LogP contribution in [0.2, 0.25) is 15.1 Å². The number of nitrogens with zero attached hydrogens (tertiary/aromatic N) is 3. The minimum absolute atomic E-state index is 0.0157. The molecule has 8 heteroatoms. The van der Waals surface area contributed by atoms with Gasteiger partial charge in [0.05, 0.1) is 15.7 Å². The molecule has 1 heterocycles. The van der Waals surface area contributed by atoms with Crippen molar-refractivity contribution >= 4 is 46.4 Å². The summed E-state index contributed by atoms with van der Waals surface area (Å²) >= 11 is 18.2. The van der Waals surface area contributed by atoms with E-state index in [9.17, 15) is 4.79 Å². The van der Waals surface area contributed by atoms with Crippen LogP contribution in [-0.4, -0.2) is 20.7 Å². The zero-order chi connectivity index (χ0) is 22.1. The van der Waals surface area contributed by atoms with Crippen molar-refractivity contribution in [1.82, 2.24) is 14.8 Å². The van der Waals surface area contributed by atoms with Crippen molar-refractivity contribution in [3.05, 3.63) is 92.7 Å². The molecule has 0 fully saturated rings. The molecule has 1 N–H and O–H groups in total. The van der Waals surface area contributed by atoms with Crippen molar-refractivity contribution in [1.29, 1.82) is 0 Å². The lowest BCUT2D eigenvalue weighted by molar-refractivity contribution is 0.101. The van der Waals surface area contributed by atoms with Crippen molar-refractivity contribution in [3.8, 4) is 17.1 Å². The maximum atomic E-state index is 12.9. The highest BCUT2D eigenvalue weighted by Crippen LogP contribution is 2.27. The Morgan fingerprint density at radius 3 is 2.48 bits per heavy atom. The SMILES string of the molecule is Cc1cccc(-c2nc(C(=O)Nc3ccc(Cl)c(Cl)c3)nn2-c2cc(Cl)ccc2C)c1. The number of hydrogen-bond acceptors (Lipinski definition) is 3. The minimum Gasteiger partial charge on any atom is -0.319 e. The third-order valence-electron chi connectivity index (χ3n) is 4.66. The van der Waals surface area contributed by atoms with Crippen LogP contribution in [0.25, 0.3) is 17.1 Å². The van der Waals surface area contributed by atoms with E-state index in [-0.39, 0.29) is 5.82 Å². The van der Waals surface area contributed by atoms with E-state index in [4.69, 9.17) is 34.8 Å². The lowest BCUT2D eigenvalue weighted by Crippen LogP contribution is -2.14. The minimum atomic E-state index is -0.467. The van der Waals surface area contributed by atoms with Gasteiger partial charge in [-0.25, -0.2) is 9.67 Å². The van der Waals surface area contributed by atoms with Crippen LogP contribution in [0.5, 0.6) is 0 Å². The molecule has 0 radical (unpaired) electrons. The molecule has 0 spiro atoms. The number of rotatable bonds is 4. The summed E-state index contributed by atoms with van der Waals surface area (Å²) in [4.78, 5) is 17.4. The summed E-state index contributed by atoms with van der Waals surface area (Å²) in [6.45, 7) is 3.94. The predicted octanol–water partition coefficient (Wildman–Crippen LogP) is 6.76. The van der Waals surface area contributed by atoms with Crippen LogP contribution >= 0.6 is 34.8 Å². The number of aryl methyl sites for hydroxylation is 2. The van der Waals surface area contributed by atoms with E-state index in [1.165, 1.54) is 0 Å². The smallest absolute Gasteiger partial charge is 0.295 e. The van der Waals surface area contributed by atoms with Crippen LogP contribution in [-0.2, 0) is 0 Å². The van der Waals surface area contributed by atoms with Gasteiger partial charge in [0.25, 0.3) is 5.91 Å². The normalized spacial score (nSPS) is 10.9. The topological polar surface area (TPSA) is 59.8 Å². The van der Waals surface area contributed by atoms with Crippen molar-refractivity contribution in [2.75, 3.05) is 5.32 Å². The number of amides is 1. The highest BCUT2D eigenvalue weighted by Gasteiger charge is 2.20. The molecule has 0 atom stereocenters. The fraction of sp³-hybridized carbons (Fsp3) is 0.0870. The Labute approximate surface area is 194 Å². The van der Waals surface area contributed by atoms with Gasteiger partial charge in [-0.05, 0) is 55.8 Å². The molecule has 0 aliphatic rings. The second kappa shape index (κ2) is 8.71. The quantitative estimate of drug-likeness (QED) is 0.357. The lowest BCUT2D eigenvalue weighted by Gasteiger charge is -2.10. The van der Waals surface area contributed by atoms with Gasteiger partial charge in [-0.15, -0.1) is 5.10 Å². The van der Waals surface area contributed by atoms with Crippen molar-refractivity contribution in [2.45, 2.75) is 13.8 Å². The number of halogens is 3. The third kappa shape index (κ3) is 4.59. The first kappa shape index (κ1) is 21.4. The van der Waals surface area contributed by atoms with Gasteiger partial charge in [0.15, 0.2) is 5.82 Å². The molecule has 4 aromatic rings. The Morgan fingerprint density at radius 2 is 1.74 bits per heavy atom. The number of carbonyl (C=O) groups is 1. The number of nitrogens with one attached hydrogen (secondary N) is 1. The second-order valence-corrected chi connectivity index (χ2v) is 8.30. The maximum absolute atomic E-state index is 12.9. The van der Waals surface area contributed by atoms with Crippen LogP contribution in [0, 0.1) is 13.8 Å². The molecule has 156 valence electrons. The van der Waals surface area contributed by atoms with Gasteiger partial charge >= 0.3 is 0 Å². The average molecular weight is 472 g/mol. The Morgan fingerprint density at radius 1 is 0.935 bits per heavy atom. The first-order chi connectivity index (χ1) is 14.8. The van der Waals surface area contributed by atoms with Crippen molar-refractivity contribution in [2.24, 2.45) is 0 Å².